The number of anilines is 2. The van der Waals surface area contributed by atoms with Crippen LogP contribution in [0.2, 0.25) is 0 Å². The summed E-state index contributed by atoms with van der Waals surface area (Å²) in [6.45, 7) is 0.649. The molecule has 28 heavy (non-hydrogen) atoms. The van der Waals surface area contributed by atoms with Crippen LogP contribution in [-0.4, -0.2) is 31.1 Å². The Kier molecular flexibility index (Phi) is 5.69. The summed E-state index contributed by atoms with van der Waals surface area (Å²) in [5, 5.41) is 2.79. The van der Waals surface area contributed by atoms with Crippen LogP contribution in [-0.2, 0) is 22.6 Å². The van der Waals surface area contributed by atoms with E-state index in [0.29, 0.717) is 23.4 Å². The zero-order chi connectivity index (χ0) is 20.3. The molecule has 5 nitrogen and oxygen atoms in total. The summed E-state index contributed by atoms with van der Waals surface area (Å²) in [7, 11) is 0. The third kappa shape index (κ3) is 4.89. The number of hydrogen-bond donors (Lipinski definition) is 1. The molecule has 1 aliphatic heterocycles. The van der Waals surface area contributed by atoms with Crippen LogP contribution in [0.15, 0.2) is 42.5 Å². The van der Waals surface area contributed by atoms with Crippen molar-refractivity contribution in [2.75, 3.05) is 23.4 Å². The van der Waals surface area contributed by atoms with Gasteiger partial charge in [-0.25, -0.2) is 0 Å². The van der Waals surface area contributed by atoms with E-state index >= 15 is 0 Å². The Morgan fingerprint density at radius 3 is 2.50 bits per heavy atom. The molecule has 2 amide bonds. The van der Waals surface area contributed by atoms with Crippen LogP contribution < -0.4 is 10.2 Å². The first-order chi connectivity index (χ1) is 13.2. The second-order valence-corrected chi connectivity index (χ2v) is 6.52. The molecule has 2 aromatic rings. The van der Waals surface area contributed by atoms with E-state index in [4.69, 9.17) is 0 Å². The maximum atomic E-state index is 12.4. The summed E-state index contributed by atoms with van der Waals surface area (Å²) in [4.78, 5) is 25.7. The molecule has 0 bridgehead atoms. The first kappa shape index (κ1) is 19.9. The summed E-state index contributed by atoms with van der Waals surface area (Å²) in [5.41, 5.74) is 3.39. The molecule has 0 radical (unpaired) electrons. The Morgan fingerprint density at radius 2 is 1.86 bits per heavy atom. The predicted octanol–water partition coefficient (Wildman–Crippen LogP) is 3.93. The highest BCUT2D eigenvalue weighted by molar-refractivity contribution is 6.04. The third-order valence-corrected chi connectivity index (χ3v) is 4.36. The highest BCUT2D eigenvalue weighted by Crippen LogP contribution is 2.30. The van der Waals surface area contributed by atoms with E-state index in [0.717, 1.165) is 17.7 Å². The smallest absolute Gasteiger partial charge is 0.367 e. The fourth-order valence-corrected chi connectivity index (χ4v) is 3.05. The van der Waals surface area contributed by atoms with Gasteiger partial charge in [-0.1, -0.05) is 12.1 Å². The van der Waals surface area contributed by atoms with Crippen molar-refractivity contribution < 1.29 is 27.5 Å². The Hall–Kier alpha value is -2.87. The minimum atomic E-state index is -4.36. The highest BCUT2D eigenvalue weighted by Gasteiger charge is 2.27. The van der Waals surface area contributed by atoms with Crippen LogP contribution in [0.3, 0.4) is 0 Å². The molecule has 3 rings (SSSR count). The maximum Gasteiger partial charge on any atom is 0.411 e. The van der Waals surface area contributed by atoms with Gasteiger partial charge in [0.05, 0.1) is 6.61 Å². The number of amides is 2. The van der Waals surface area contributed by atoms with Gasteiger partial charge < -0.3 is 15.0 Å². The van der Waals surface area contributed by atoms with E-state index in [1.54, 1.807) is 29.2 Å². The van der Waals surface area contributed by atoms with Crippen LogP contribution >= 0.6 is 0 Å². The molecule has 8 heteroatoms. The minimum absolute atomic E-state index is 0.0187. The van der Waals surface area contributed by atoms with Crippen LogP contribution in [0.4, 0.5) is 24.5 Å². The van der Waals surface area contributed by atoms with Gasteiger partial charge >= 0.3 is 6.18 Å². The zero-order valence-electron chi connectivity index (χ0n) is 15.2. The van der Waals surface area contributed by atoms with E-state index in [1.165, 1.54) is 19.1 Å². The third-order valence-electron chi connectivity index (χ3n) is 4.36. The number of alkyl halides is 3. The van der Waals surface area contributed by atoms with Gasteiger partial charge in [-0.15, -0.1) is 0 Å². The molecule has 1 heterocycles. The van der Waals surface area contributed by atoms with Crippen LogP contribution in [0.5, 0.6) is 0 Å². The largest absolute Gasteiger partial charge is 0.411 e. The molecule has 148 valence electrons. The quantitative estimate of drug-likeness (QED) is 0.839. The predicted molar refractivity (Wildman–Crippen MR) is 98.3 cm³/mol. The second-order valence-electron chi connectivity index (χ2n) is 6.52. The van der Waals surface area contributed by atoms with Crippen molar-refractivity contribution in [2.45, 2.75) is 26.1 Å². The SMILES string of the molecule is CC(=O)N1CCc2cc(NC(=O)c3ccc(COCC(F)(F)F)cc3)ccc21. The number of carbonyl (C=O) groups excluding carboxylic acids is 2. The lowest BCUT2D eigenvalue weighted by atomic mass is 10.1. The van der Waals surface area contributed by atoms with Crippen molar-refractivity contribution in [3.8, 4) is 0 Å². The average molecular weight is 392 g/mol. The van der Waals surface area contributed by atoms with Gasteiger partial charge in [0.2, 0.25) is 5.91 Å². The van der Waals surface area contributed by atoms with E-state index in [2.05, 4.69) is 10.1 Å². The number of nitrogens with zero attached hydrogens (tertiary/aromatic N) is 1. The Bertz CT molecular complexity index is 879. The average Bonchev–Trinajstić information content (AvgIpc) is 3.04. The molecule has 0 spiro atoms. The van der Waals surface area contributed by atoms with Crippen LogP contribution in [0, 0.1) is 0 Å². The molecule has 0 saturated heterocycles. The molecule has 0 aliphatic carbocycles. The summed E-state index contributed by atoms with van der Waals surface area (Å²) >= 11 is 0. The summed E-state index contributed by atoms with van der Waals surface area (Å²) in [6.07, 6.45) is -3.64. The van der Waals surface area contributed by atoms with Crippen molar-refractivity contribution in [1.29, 1.82) is 0 Å². The van der Waals surface area contributed by atoms with Gasteiger partial charge in [-0.2, -0.15) is 13.2 Å². The Balaban J connectivity index is 1.60. The number of rotatable bonds is 5. The van der Waals surface area contributed by atoms with E-state index in [9.17, 15) is 22.8 Å². The molecule has 1 N–H and O–H groups in total. The van der Waals surface area contributed by atoms with Gasteiger partial charge in [-0.3, -0.25) is 9.59 Å². The zero-order valence-corrected chi connectivity index (χ0v) is 15.2. The van der Waals surface area contributed by atoms with E-state index in [1.807, 2.05) is 6.07 Å². The summed E-state index contributed by atoms with van der Waals surface area (Å²) in [6, 6.07) is 11.6. The fraction of sp³-hybridized carbons (Fsp3) is 0.300. The normalized spacial score (nSPS) is 13.4. The number of hydrogen-bond acceptors (Lipinski definition) is 3. The lowest BCUT2D eigenvalue weighted by molar-refractivity contribution is -0.176. The van der Waals surface area contributed by atoms with E-state index in [-0.39, 0.29) is 18.4 Å². The molecule has 0 saturated carbocycles. The van der Waals surface area contributed by atoms with Crippen molar-refractivity contribution in [2.24, 2.45) is 0 Å². The molecule has 0 unspecified atom stereocenters. The Morgan fingerprint density at radius 1 is 1.14 bits per heavy atom. The van der Waals surface area contributed by atoms with Crippen molar-refractivity contribution in [1.82, 2.24) is 0 Å². The molecule has 2 aromatic carbocycles. The topological polar surface area (TPSA) is 58.6 Å². The molecule has 1 aliphatic rings. The number of halogens is 3. The van der Waals surface area contributed by atoms with Crippen molar-refractivity contribution in [3.05, 3.63) is 59.2 Å². The van der Waals surface area contributed by atoms with Gasteiger partial charge in [-0.05, 0) is 47.9 Å². The number of fused-ring (bicyclic) bond motifs is 1. The summed E-state index contributed by atoms with van der Waals surface area (Å²) in [5.74, 6) is -0.348. The maximum absolute atomic E-state index is 12.4. The monoisotopic (exact) mass is 392 g/mol. The molecular formula is C20H19F3N2O3. The number of benzene rings is 2. The van der Waals surface area contributed by atoms with Crippen LogP contribution in [0.1, 0.15) is 28.4 Å². The van der Waals surface area contributed by atoms with Gasteiger partial charge in [0.25, 0.3) is 5.91 Å². The molecular weight excluding hydrogens is 373 g/mol. The fourth-order valence-electron chi connectivity index (χ4n) is 3.05. The van der Waals surface area contributed by atoms with Gasteiger partial charge in [0, 0.05) is 30.4 Å². The number of ether oxygens (including phenoxy) is 1. The van der Waals surface area contributed by atoms with Gasteiger partial charge in [0.1, 0.15) is 6.61 Å². The molecule has 0 fully saturated rings. The molecule has 0 atom stereocenters. The van der Waals surface area contributed by atoms with Crippen molar-refractivity contribution >= 4 is 23.2 Å². The lowest BCUT2D eigenvalue weighted by Crippen LogP contribution is -2.25. The standard InChI is InChI=1S/C20H19F3N2O3/c1-13(26)25-9-8-16-10-17(6-7-18(16)25)24-19(27)15-4-2-14(3-5-15)11-28-12-20(21,22)23/h2-7,10H,8-9,11-12H2,1H3,(H,24,27). The Labute approximate surface area is 160 Å². The van der Waals surface area contributed by atoms with Crippen LogP contribution in [0.25, 0.3) is 0 Å². The second kappa shape index (κ2) is 8.02. The lowest BCUT2D eigenvalue weighted by Gasteiger charge is -2.15. The first-order valence-corrected chi connectivity index (χ1v) is 8.69. The molecule has 0 aromatic heterocycles. The highest BCUT2D eigenvalue weighted by atomic mass is 19.4. The first-order valence-electron chi connectivity index (χ1n) is 8.69. The number of carbonyl (C=O) groups is 2. The van der Waals surface area contributed by atoms with E-state index < -0.39 is 12.8 Å². The van der Waals surface area contributed by atoms with Gasteiger partial charge in [0.15, 0.2) is 0 Å². The minimum Gasteiger partial charge on any atom is -0.367 e. The summed E-state index contributed by atoms with van der Waals surface area (Å²) < 4.78 is 40.8. The van der Waals surface area contributed by atoms with Crippen molar-refractivity contribution in [3.63, 3.8) is 0 Å². The number of nitrogens with one attached hydrogen (secondary N) is 1.